The minimum absolute atomic E-state index is 0.547. The van der Waals surface area contributed by atoms with Crippen LogP contribution in [-0.4, -0.2) is 35.8 Å². The number of thioether (sulfide) groups is 1. The van der Waals surface area contributed by atoms with E-state index in [0.29, 0.717) is 6.54 Å². The molecule has 0 bridgehead atoms. The maximum Gasteiger partial charge on any atom is 0.0833 e. The van der Waals surface area contributed by atoms with Crippen molar-refractivity contribution in [3.63, 3.8) is 0 Å². The Labute approximate surface area is 73.8 Å². The molecule has 1 unspecified atom stereocenters. The van der Waals surface area contributed by atoms with Gasteiger partial charge in [0.1, 0.15) is 0 Å². The Morgan fingerprint density at radius 2 is 2.18 bits per heavy atom. The number of nitrogens with one attached hydrogen (secondary N) is 1. The van der Waals surface area contributed by atoms with Crippen LogP contribution in [0.1, 0.15) is 20.3 Å². The zero-order valence-electron chi connectivity index (χ0n) is 7.68. The van der Waals surface area contributed by atoms with Crippen LogP contribution in [-0.2, 0) is 0 Å². The molecule has 68 valence electrons. The van der Waals surface area contributed by atoms with Gasteiger partial charge in [-0.25, -0.2) is 0 Å². The SMILES string of the molecule is CCCNCC(C)(O)CSC. The van der Waals surface area contributed by atoms with Crippen molar-refractivity contribution in [3.05, 3.63) is 0 Å². The third-order valence-electron chi connectivity index (χ3n) is 1.39. The lowest BCUT2D eigenvalue weighted by atomic mass is 10.1. The van der Waals surface area contributed by atoms with Crippen molar-refractivity contribution in [2.75, 3.05) is 25.1 Å². The Morgan fingerprint density at radius 1 is 1.55 bits per heavy atom. The summed E-state index contributed by atoms with van der Waals surface area (Å²) in [5, 5.41) is 12.9. The van der Waals surface area contributed by atoms with Crippen molar-refractivity contribution in [1.29, 1.82) is 0 Å². The van der Waals surface area contributed by atoms with Gasteiger partial charge in [-0.05, 0) is 26.1 Å². The fraction of sp³-hybridized carbons (Fsp3) is 1.00. The first-order valence-electron chi connectivity index (χ1n) is 4.04. The fourth-order valence-electron chi connectivity index (χ4n) is 0.896. The molecular weight excluding hydrogens is 158 g/mol. The van der Waals surface area contributed by atoms with E-state index < -0.39 is 5.60 Å². The highest BCUT2D eigenvalue weighted by Gasteiger charge is 2.17. The van der Waals surface area contributed by atoms with Crippen LogP contribution in [0, 0.1) is 0 Å². The Bertz CT molecular complexity index is 96.1. The van der Waals surface area contributed by atoms with Crippen LogP contribution >= 0.6 is 11.8 Å². The first kappa shape index (κ1) is 11.3. The zero-order chi connectivity index (χ0) is 8.74. The number of aliphatic hydroxyl groups is 1. The molecule has 11 heavy (non-hydrogen) atoms. The monoisotopic (exact) mass is 177 g/mol. The molecule has 0 aliphatic rings. The van der Waals surface area contributed by atoms with Crippen molar-refractivity contribution in [2.24, 2.45) is 0 Å². The second-order valence-electron chi connectivity index (χ2n) is 3.11. The zero-order valence-corrected chi connectivity index (χ0v) is 8.50. The second kappa shape index (κ2) is 5.86. The Hall–Kier alpha value is 0.270. The van der Waals surface area contributed by atoms with Crippen molar-refractivity contribution >= 4 is 11.8 Å². The van der Waals surface area contributed by atoms with E-state index in [9.17, 15) is 5.11 Å². The van der Waals surface area contributed by atoms with Crippen LogP contribution in [0.25, 0.3) is 0 Å². The van der Waals surface area contributed by atoms with E-state index in [1.807, 2.05) is 13.2 Å². The van der Waals surface area contributed by atoms with Gasteiger partial charge in [-0.1, -0.05) is 6.92 Å². The summed E-state index contributed by atoms with van der Waals surface area (Å²) in [5.41, 5.74) is -0.547. The van der Waals surface area contributed by atoms with Gasteiger partial charge in [0.05, 0.1) is 5.60 Å². The topological polar surface area (TPSA) is 32.3 Å². The Balaban J connectivity index is 3.38. The van der Waals surface area contributed by atoms with E-state index in [4.69, 9.17) is 0 Å². The molecule has 0 rings (SSSR count). The molecule has 0 aromatic carbocycles. The highest BCUT2D eigenvalue weighted by atomic mass is 32.2. The average molecular weight is 177 g/mol. The molecule has 0 fully saturated rings. The van der Waals surface area contributed by atoms with Crippen LogP contribution < -0.4 is 5.32 Å². The molecule has 2 nitrogen and oxygen atoms in total. The van der Waals surface area contributed by atoms with Crippen molar-refractivity contribution in [2.45, 2.75) is 25.9 Å². The smallest absolute Gasteiger partial charge is 0.0833 e. The van der Waals surface area contributed by atoms with Crippen molar-refractivity contribution < 1.29 is 5.11 Å². The highest BCUT2D eigenvalue weighted by Crippen LogP contribution is 2.08. The van der Waals surface area contributed by atoms with E-state index in [1.54, 1.807) is 11.8 Å². The highest BCUT2D eigenvalue weighted by molar-refractivity contribution is 7.98. The number of hydrogen-bond acceptors (Lipinski definition) is 3. The van der Waals surface area contributed by atoms with Gasteiger partial charge in [0.2, 0.25) is 0 Å². The minimum atomic E-state index is -0.547. The summed E-state index contributed by atoms with van der Waals surface area (Å²) in [5.74, 6) is 0.795. The first-order chi connectivity index (χ1) is 5.12. The largest absolute Gasteiger partial charge is 0.388 e. The van der Waals surface area contributed by atoms with E-state index in [2.05, 4.69) is 12.2 Å². The molecule has 0 spiro atoms. The standard InChI is InChI=1S/C8H19NOS/c1-4-5-9-6-8(2,10)7-11-3/h9-10H,4-7H2,1-3H3. The van der Waals surface area contributed by atoms with Gasteiger partial charge in [0.15, 0.2) is 0 Å². The normalized spacial score (nSPS) is 16.4. The molecule has 0 saturated heterocycles. The molecule has 2 N–H and O–H groups in total. The third-order valence-corrected chi connectivity index (χ3v) is 2.30. The summed E-state index contributed by atoms with van der Waals surface area (Å²) in [7, 11) is 0. The van der Waals surface area contributed by atoms with Crippen molar-refractivity contribution in [3.8, 4) is 0 Å². The predicted molar refractivity (Wildman–Crippen MR) is 52.2 cm³/mol. The maximum atomic E-state index is 9.66. The van der Waals surface area contributed by atoms with Crippen LogP contribution in [0.5, 0.6) is 0 Å². The van der Waals surface area contributed by atoms with E-state index in [0.717, 1.165) is 18.7 Å². The van der Waals surface area contributed by atoms with Gasteiger partial charge in [0, 0.05) is 12.3 Å². The lowest BCUT2D eigenvalue weighted by molar-refractivity contribution is 0.0851. The van der Waals surface area contributed by atoms with Gasteiger partial charge in [-0.15, -0.1) is 0 Å². The summed E-state index contributed by atoms with van der Waals surface area (Å²) in [6.07, 6.45) is 3.13. The summed E-state index contributed by atoms with van der Waals surface area (Å²) in [4.78, 5) is 0. The molecule has 0 aromatic rings. The van der Waals surface area contributed by atoms with Gasteiger partial charge in [-0.2, -0.15) is 11.8 Å². The molecule has 0 radical (unpaired) electrons. The van der Waals surface area contributed by atoms with E-state index in [-0.39, 0.29) is 0 Å². The predicted octanol–water partition coefficient (Wildman–Crippen LogP) is 1.10. The first-order valence-corrected chi connectivity index (χ1v) is 5.44. The molecule has 0 amide bonds. The fourth-order valence-corrected chi connectivity index (χ4v) is 1.62. The lowest BCUT2D eigenvalue weighted by Gasteiger charge is -2.22. The van der Waals surface area contributed by atoms with E-state index in [1.165, 1.54) is 0 Å². The molecule has 0 heterocycles. The van der Waals surface area contributed by atoms with Gasteiger partial charge >= 0.3 is 0 Å². The summed E-state index contributed by atoms with van der Waals surface area (Å²) in [6.45, 7) is 5.68. The summed E-state index contributed by atoms with van der Waals surface area (Å²) >= 11 is 1.68. The molecule has 0 saturated carbocycles. The number of hydrogen-bond donors (Lipinski definition) is 2. The average Bonchev–Trinajstić information content (AvgIpc) is 1.87. The summed E-state index contributed by atoms with van der Waals surface area (Å²) < 4.78 is 0. The quantitative estimate of drug-likeness (QED) is 0.596. The second-order valence-corrected chi connectivity index (χ2v) is 3.97. The van der Waals surface area contributed by atoms with Crippen molar-refractivity contribution in [1.82, 2.24) is 5.32 Å². The van der Waals surface area contributed by atoms with E-state index >= 15 is 0 Å². The van der Waals surface area contributed by atoms with Crippen LogP contribution in [0.2, 0.25) is 0 Å². The lowest BCUT2D eigenvalue weighted by Crippen LogP contribution is -2.40. The molecule has 1 atom stereocenters. The van der Waals surface area contributed by atoms with Crippen LogP contribution in [0.3, 0.4) is 0 Å². The molecule has 0 aromatic heterocycles. The molecular formula is C8H19NOS. The Morgan fingerprint density at radius 3 is 2.64 bits per heavy atom. The van der Waals surface area contributed by atoms with Gasteiger partial charge in [-0.3, -0.25) is 0 Å². The van der Waals surface area contributed by atoms with Crippen LogP contribution in [0.4, 0.5) is 0 Å². The van der Waals surface area contributed by atoms with Gasteiger partial charge < -0.3 is 10.4 Å². The van der Waals surface area contributed by atoms with Crippen LogP contribution in [0.15, 0.2) is 0 Å². The molecule has 3 heteroatoms. The third kappa shape index (κ3) is 6.66. The Kier molecular flexibility index (Phi) is 6.01. The maximum absolute atomic E-state index is 9.66. The molecule has 0 aliphatic heterocycles. The summed E-state index contributed by atoms with van der Waals surface area (Å²) in [6, 6.07) is 0. The van der Waals surface area contributed by atoms with Gasteiger partial charge in [0.25, 0.3) is 0 Å². The minimum Gasteiger partial charge on any atom is -0.388 e. The number of rotatable bonds is 6. The molecule has 0 aliphatic carbocycles.